The third-order valence-corrected chi connectivity index (χ3v) is 2.54. The highest BCUT2D eigenvalue weighted by atomic mass is 35.5. The molecule has 0 unspecified atom stereocenters. The molecule has 1 rings (SSSR count). The van der Waals surface area contributed by atoms with E-state index >= 15 is 0 Å². The van der Waals surface area contributed by atoms with Crippen molar-refractivity contribution in [2.45, 2.75) is 25.9 Å². The van der Waals surface area contributed by atoms with E-state index in [-0.39, 0.29) is 0 Å². The van der Waals surface area contributed by atoms with Gasteiger partial charge in [-0.15, -0.1) is 11.6 Å². The fraction of sp³-hybridized carbons (Fsp3) is 0.500. The van der Waals surface area contributed by atoms with Gasteiger partial charge >= 0.3 is 6.18 Å². The summed E-state index contributed by atoms with van der Waals surface area (Å²) >= 11 is 5.71. The van der Waals surface area contributed by atoms with Crippen molar-refractivity contribution in [2.24, 2.45) is 0 Å². The lowest BCUT2D eigenvalue weighted by Crippen LogP contribution is -2.19. The monoisotopic (exact) mass is 282 g/mol. The van der Waals surface area contributed by atoms with Crippen LogP contribution in [-0.4, -0.2) is 19.6 Å². The highest BCUT2D eigenvalue weighted by Gasteiger charge is 2.27. The number of alkyl halides is 4. The van der Waals surface area contributed by atoms with Gasteiger partial charge in [0.2, 0.25) is 0 Å². The zero-order chi connectivity index (χ0) is 13.8. The van der Waals surface area contributed by atoms with Crippen molar-refractivity contribution in [1.29, 1.82) is 0 Å². The lowest BCUT2D eigenvalue weighted by Gasteiger charge is -2.14. The van der Waals surface area contributed by atoms with Crippen molar-refractivity contribution in [1.82, 2.24) is 0 Å². The van der Waals surface area contributed by atoms with Crippen LogP contribution >= 0.6 is 11.6 Å². The van der Waals surface area contributed by atoms with Crippen LogP contribution in [0.1, 0.15) is 16.7 Å². The first kappa shape index (κ1) is 15.1. The molecule has 0 heterocycles. The predicted octanol–water partition coefficient (Wildman–Crippen LogP) is 3.96. The Labute approximate surface area is 109 Å². The Morgan fingerprint density at radius 1 is 1.17 bits per heavy atom. The van der Waals surface area contributed by atoms with Crippen molar-refractivity contribution in [3.05, 3.63) is 28.8 Å². The lowest BCUT2D eigenvalue weighted by atomic mass is 10.1. The maximum Gasteiger partial charge on any atom is 0.411 e. The van der Waals surface area contributed by atoms with Crippen LogP contribution < -0.4 is 4.74 Å². The second kappa shape index (κ2) is 6.29. The van der Waals surface area contributed by atoms with Crippen molar-refractivity contribution in [3.63, 3.8) is 0 Å². The molecule has 6 heteroatoms. The van der Waals surface area contributed by atoms with Gasteiger partial charge in [-0.05, 0) is 30.5 Å². The first-order chi connectivity index (χ1) is 8.33. The molecule has 0 spiro atoms. The Balaban J connectivity index is 2.57. The highest BCUT2D eigenvalue weighted by Crippen LogP contribution is 2.25. The molecule has 2 nitrogen and oxygen atoms in total. The molecule has 0 aromatic heterocycles. The Bertz CT molecular complexity index is 382. The van der Waals surface area contributed by atoms with E-state index in [9.17, 15) is 13.2 Å². The normalized spacial score (nSPS) is 11.7. The summed E-state index contributed by atoms with van der Waals surface area (Å²) in [5.41, 5.74) is 2.58. The van der Waals surface area contributed by atoms with Gasteiger partial charge in [0, 0.05) is 5.88 Å². The van der Waals surface area contributed by atoms with Crippen LogP contribution in [-0.2, 0) is 10.6 Å². The molecule has 0 bridgehead atoms. The topological polar surface area (TPSA) is 18.5 Å². The lowest BCUT2D eigenvalue weighted by molar-refractivity contribution is -0.186. The average Bonchev–Trinajstić information content (AvgIpc) is 2.25. The SMILES string of the molecule is Cc1cc(CCl)cc(C)c1OCOCC(F)(F)F. The fourth-order valence-electron chi connectivity index (χ4n) is 1.60. The molecule has 0 amide bonds. The summed E-state index contributed by atoms with van der Waals surface area (Å²) in [7, 11) is 0. The van der Waals surface area contributed by atoms with Crippen molar-refractivity contribution < 1.29 is 22.6 Å². The molecule has 0 aliphatic carbocycles. The van der Waals surface area contributed by atoms with Gasteiger partial charge < -0.3 is 9.47 Å². The Morgan fingerprint density at radius 3 is 2.17 bits per heavy atom. The van der Waals surface area contributed by atoms with Crippen LogP contribution in [0.2, 0.25) is 0 Å². The quantitative estimate of drug-likeness (QED) is 0.462. The molecular formula is C12H14ClF3O2. The summed E-state index contributed by atoms with van der Waals surface area (Å²) in [6.45, 7) is 1.87. The number of hydrogen-bond acceptors (Lipinski definition) is 2. The van der Waals surface area contributed by atoms with Gasteiger partial charge in [-0.2, -0.15) is 13.2 Å². The molecule has 0 aliphatic rings. The van der Waals surface area contributed by atoms with Gasteiger partial charge in [-0.3, -0.25) is 0 Å². The zero-order valence-electron chi connectivity index (χ0n) is 10.1. The van der Waals surface area contributed by atoms with Gasteiger partial charge in [0.1, 0.15) is 12.4 Å². The standard InChI is InChI=1S/C12H14ClF3O2/c1-8-3-10(5-13)4-9(2)11(8)18-7-17-6-12(14,15)16/h3-4H,5-7H2,1-2H3. The minimum absolute atomic E-state index is 0.381. The molecule has 0 aliphatic heterocycles. The minimum Gasteiger partial charge on any atom is -0.467 e. The Kier molecular flexibility index (Phi) is 5.28. The predicted molar refractivity (Wildman–Crippen MR) is 63.0 cm³/mol. The van der Waals surface area contributed by atoms with Crippen molar-refractivity contribution >= 4 is 11.6 Å². The van der Waals surface area contributed by atoms with Gasteiger partial charge in [-0.25, -0.2) is 0 Å². The molecule has 0 N–H and O–H groups in total. The smallest absolute Gasteiger partial charge is 0.411 e. The summed E-state index contributed by atoms with van der Waals surface area (Å²) in [5, 5.41) is 0. The molecular weight excluding hydrogens is 269 g/mol. The molecule has 1 aromatic rings. The van der Waals surface area contributed by atoms with E-state index in [1.807, 2.05) is 26.0 Å². The first-order valence-electron chi connectivity index (χ1n) is 5.27. The van der Waals surface area contributed by atoms with E-state index in [4.69, 9.17) is 16.3 Å². The summed E-state index contributed by atoms with van der Waals surface area (Å²) in [5.74, 6) is 0.915. The fourth-order valence-corrected chi connectivity index (χ4v) is 1.76. The van der Waals surface area contributed by atoms with E-state index in [0.717, 1.165) is 16.7 Å². The molecule has 0 saturated heterocycles. The van der Waals surface area contributed by atoms with Crippen molar-refractivity contribution in [2.75, 3.05) is 13.4 Å². The molecule has 18 heavy (non-hydrogen) atoms. The van der Waals surface area contributed by atoms with Gasteiger partial charge in [0.25, 0.3) is 0 Å². The maximum absolute atomic E-state index is 11.8. The first-order valence-corrected chi connectivity index (χ1v) is 5.80. The second-order valence-electron chi connectivity index (χ2n) is 3.92. The van der Waals surface area contributed by atoms with Crippen LogP contribution in [0.3, 0.4) is 0 Å². The summed E-state index contributed by atoms with van der Waals surface area (Å²) in [4.78, 5) is 0. The van der Waals surface area contributed by atoms with Crippen LogP contribution in [0.15, 0.2) is 12.1 Å². The molecule has 102 valence electrons. The number of aryl methyl sites for hydroxylation is 2. The molecule has 1 aromatic carbocycles. The third kappa shape index (κ3) is 4.74. The van der Waals surface area contributed by atoms with E-state index in [1.54, 1.807) is 0 Å². The van der Waals surface area contributed by atoms with E-state index in [0.29, 0.717) is 11.6 Å². The molecule has 0 saturated carbocycles. The van der Waals surface area contributed by atoms with Crippen LogP contribution in [0.25, 0.3) is 0 Å². The van der Waals surface area contributed by atoms with Crippen LogP contribution in [0, 0.1) is 13.8 Å². The summed E-state index contributed by atoms with van der Waals surface area (Å²) in [6.07, 6.45) is -4.34. The summed E-state index contributed by atoms with van der Waals surface area (Å²) < 4.78 is 45.1. The van der Waals surface area contributed by atoms with E-state index < -0.39 is 19.6 Å². The Hall–Kier alpha value is -0.940. The van der Waals surface area contributed by atoms with E-state index in [1.165, 1.54) is 0 Å². The largest absolute Gasteiger partial charge is 0.467 e. The van der Waals surface area contributed by atoms with Gasteiger partial charge in [0.05, 0.1) is 0 Å². The molecule has 0 atom stereocenters. The number of benzene rings is 1. The van der Waals surface area contributed by atoms with Crippen molar-refractivity contribution in [3.8, 4) is 5.75 Å². The molecule has 0 fully saturated rings. The van der Waals surface area contributed by atoms with Crippen LogP contribution in [0.5, 0.6) is 5.75 Å². The number of halogens is 4. The maximum atomic E-state index is 11.8. The number of rotatable bonds is 5. The summed E-state index contributed by atoms with van der Waals surface area (Å²) in [6, 6.07) is 3.66. The highest BCUT2D eigenvalue weighted by molar-refractivity contribution is 6.17. The molecule has 0 radical (unpaired) electrons. The van der Waals surface area contributed by atoms with Gasteiger partial charge in [0.15, 0.2) is 6.79 Å². The third-order valence-electron chi connectivity index (χ3n) is 2.23. The van der Waals surface area contributed by atoms with E-state index in [2.05, 4.69) is 4.74 Å². The van der Waals surface area contributed by atoms with Crippen LogP contribution in [0.4, 0.5) is 13.2 Å². The number of hydrogen-bond donors (Lipinski definition) is 0. The average molecular weight is 283 g/mol. The second-order valence-corrected chi connectivity index (χ2v) is 4.19. The minimum atomic E-state index is -4.34. The number of ether oxygens (including phenoxy) is 2. The zero-order valence-corrected chi connectivity index (χ0v) is 10.9. The Morgan fingerprint density at radius 2 is 1.72 bits per heavy atom. The van der Waals surface area contributed by atoms with Gasteiger partial charge in [-0.1, -0.05) is 12.1 Å².